The van der Waals surface area contributed by atoms with Gasteiger partial charge in [-0.25, -0.2) is 4.79 Å². The first-order chi connectivity index (χ1) is 10.2. The number of anilines is 1. The second kappa shape index (κ2) is 5.96. The summed E-state index contributed by atoms with van der Waals surface area (Å²) in [6.07, 6.45) is 5.20. The standard InChI is InChI=1S/C17H23NO3/c1-2-20-16-14(4-3-5-15(16)18)17(19)21-10-13-9-11-6-7-12(13)8-11/h3-5,11-13H,2,6-10,18H2,1H3. The second-order valence-electron chi connectivity index (χ2n) is 6.19. The highest BCUT2D eigenvalue weighted by molar-refractivity contribution is 5.94. The minimum atomic E-state index is -0.325. The molecule has 0 heterocycles. The van der Waals surface area contributed by atoms with Crippen LogP contribution in [0.15, 0.2) is 18.2 Å². The van der Waals surface area contributed by atoms with Gasteiger partial charge < -0.3 is 15.2 Å². The van der Waals surface area contributed by atoms with Crippen molar-refractivity contribution < 1.29 is 14.3 Å². The van der Waals surface area contributed by atoms with E-state index < -0.39 is 0 Å². The minimum absolute atomic E-state index is 0.325. The van der Waals surface area contributed by atoms with Crippen molar-refractivity contribution in [1.29, 1.82) is 0 Å². The lowest BCUT2D eigenvalue weighted by Crippen LogP contribution is -2.20. The van der Waals surface area contributed by atoms with Crippen molar-refractivity contribution in [3.05, 3.63) is 23.8 Å². The quantitative estimate of drug-likeness (QED) is 0.667. The average molecular weight is 289 g/mol. The van der Waals surface area contributed by atoms with Crippen molar-refractivity contribution >= 4 is 11.7 Å². The van der Waals surface area contributed by atoms with Crippen LogP contribution in [0.3, 0.4) is 0 Å². The zero-order valence-electron chi connectivity index (χ0n) is 12.5. The SMILES string of the molecule is CCOc1c(N)cccc1C(=O)OCC1CC2CCC1C2. The lowest BCUT2D eigenvalue weighted by Gasteiger charge is -2.21. The predicted octanol–water partition coefficient (Wildman–Crippen LogP) is 3.26. The van der Waals surface area contributed by atoms with E-state index in [9.17, 15) is 4.79 Å². The Morgan fingerprint density at radius 2 is 2.19 bits per heavy atom. The van der Waals surface area contributed by atoms with Crippen LogP contribution in [0.1, 0.15) is 43.0 Å². The number of esters is 1. The van der Waals surface area contributed by atoms with Gasteiger partial charge in [0, 0.05) is 0 Å². The number of carbonyl (C=O) groups is 1. The van der Waals surface area contributed by atoms with Gasteiger partial charge in [-0.3, -0.25) is 0 Å². The Morgan fingerprint density at radius 1 is 1.33 bits per heavy atom. The largest absolute Gasteiger partial charge is 0.491 e. The zero-order valence-corrected chi connectivity index (χ0v) is 12.5. The van der Waals surface area contributed by atoms with Crippen LogP contribution in [-0.4, -0.2) is 19.2 Å². The fraction of sp³-hybridized carbons (Fsp3) is 0.588. The molecule has 2 N–H and O–H groups in total. The van der Waals surface area contributed by atoms with Gasteiger partial charge in [0.2, 0.25) is 0 Å². The fourth-order valence-corrected chi connectivity index (χ4v) is 3.86. The molecule has 0 saturated heterocycles. The molecule has 0 amide bonds. The summed E-state index contributed by atoms with van der Waals surface area (Å²) in [5, 5.41) is 0. The Labute approximate surface area is 125 Å². The summed E-state index contributed by atoms with van der Waals surface area (Å²) < 4.78 is 11.0. The van der Waals surface area contributed by atoms with Gasteiger partial charge in [0.1, 0.15) is 5.56 Å². The monoisotopic (exact) mass is 289 g/mol. The molecule has 4 heteroatoms. The molecule has 1 aromatic rings. The van der Waals surface area contributed by atoms with E-state index in [0.29, 0.717) is 36.1 Å². The predicted molar refractivity (Wildman–Crippen MR) is 81.2 cm³/mol. The first kappa shape index (κ1) is 14.2. The molecule has 21 heavy (non-hydrogen) atoms. The molecule has 2 saturated carbocycles. The van der Waals surface area contributed by atoms with Crippen molar-refractivity contribution in [3.63, 3.8) is 0 Å². The van der Waals surface area contributed by atoms with Gasteiger partial charge in [0.15, 0.2) is 5.75 Å². The molecule has 3 atom stereocenters. The molecular weight excluding hydrogens is 266 g/mol. The molecule has 2 aliphatic rings. The molecule has 1 aromatic carbocycles. The van der Waals surface area contributed by atoms with Crippen LogP contribution in [0.2, 0.25) is 0 Å². The summed E-state index contributed by atoms with van der Waals surface area (Å²) in [4.78, 5) is 12.3. The van der Waals surface area contributed by atoms with Gasteiger partial charge in [0.25, 0.3) is 0 Å². The van der Waals surface area contributed by atoms with Crippen molar-refractivity contribution in [2.75, 3.05) is 18.9 Å². The van der Waals surface area contributed by atoms with Gasteiger partial charge in [-0.15, -0.1) is 0 Å². The van der Waals surface area contributed by atoms with E-state index in [0.717, 1.165) is 11.8 Å². The first-order valence-corrected chi connectivity index (χ1v) is 7.87. The molecule has 2 bridgehead atoms. The smallest absolute Gasteiger partial charge is 0.342 e. The van der Waals surface area contributed by atoms with E-state index in [4.69, 9.17) is 15.2 Å². The van der Waals surface area contributed by atoms with Crippen molar-refractivity contribution in [1.82, 2.24) is 0 Å². The number of fused-ring (bicyclic) bond motifs is 2. The maximum Gasteiger partial charge on any atom is 0.342 e. The number of nitrogens with two attached hydrogens (primary N) is 1. The molecule has 0 aliphatic heterocycles. The summed E-state index contributed by atoms with van der Waals surface area (Å²) in [5.41, 5.74) is 6.79. The molecule has 2 fully saturated rings. The van der Waals surface area contributed by atoms with Crippen LogP contribution >= 0.6 is 0 Å². The van der Waals surface area contributed by atoms with Crippen LogP contribution in [0.4, 0.5) is 5.69 Å². The molecule has 2 aliphatic carbocycles. The number of nitrogen functional groups attached to an aromatic ring is 1. The van der Waals surface area contributed by atoms with Crippen molar-refractivity contribution in [2.45, 2.75) is 32.6 Å². The number of carbonyl (C=O) groups excluding carboxylic acids is 1. The normalized spacial score (nSPS) is 26.8. The van der Waals surface area contributed by atoms with Gasteiger partial charge in [0.05, 0.1) is 18.9 Å². The van der Waals surface area contributed by atoms with Gasteiger partial charge >= 0.3 is 5.97 Å². The Bertz CT molecular complexity index is 529. The van der Waals surface area contributed by atoms with E-state index in [1.54, 1.807) is 18.2 Å². The molecule has 3 unspecified atom stereocenters. The highest BCUT2D eigenvalue weighted by atomic mass is 16.5. The summed E-state index contributed by atoms with van der Waals surface area (Å²) >= 11 is 0. The molecule has 0 radical (unpaired) electrons. The van der Waals surface area contributed by atoms with E-state index in [1.165, 1.54) is 25.7 Å². The lowest BCUT2D eigenvalue weighted by atomic mass is 9.89. The summed E-state index contributed by atoms with van der Waals surface area (Å²) in [6, 6.07) is 5.20. The number of benzene rings is 1. The Hall–Kier alpha value is -1.71. The van der Waals surface area contributed by atoms with Crippen LogP contribution in [-0.2, 0) is 4.74 Å². The number of rotatable bonds is 5. The lowest BCUT2D eigenvalue weighted by molar-refractivity contribution is 0.0390. The van der Waals surface area contributed by atoms with Gasteiger partial charge in [-0.05, 0) is 56.1 Å². The third kappa shape index (κ3) is 2.85. The second-order valence-corrected chi connectivity index (χ2v) is 6.19. The first-order valence-electron chi connectivity index (χ1n) is 7.87. The zero-order chi connectivity index (χ0) is 14.8. The Kier molecular flexibility index (Phi) is 4.04. The topological polar surface area (TPSA) is 61.5 Å². The van der Waals surface area contributed by atoms with Crippen LogP contribution in [0, 0.1) is 17.8 Å². The number of para-hydroxylation sites is 1. The molecule has 114 valence electrons. The maximum atomic E-state index is 12.3. The third-order valence-corrected chi connectivity index (χ3v) is 4.87. The molecule has 0 spiro atoms. The minimum Gasteiger partial charge on any atom is -0.491 e. The Balaban J connectivity index is 1.64. The highest BCUT2D eigenvalue weighted by Crippen LogP contribution is 2.48. The third-order valence-electron chi connectivity index (χ3n) is 4.87. The maximum absolute atomic E-state index is 12.3. The summed E-state index contributed by atoms with van der Waals surface area (Å²) in [5.74, 6) is 2.29. The highest BCUT2D eigenvalue weighted by Gasteiger charge is 2.40. The number of hydrogen-bond acceptors (Lipinski definition) is 4. The van der Waals surface area contributed by atoms with Crippen LogP contribution < -0.4 is 10.5 Å². The van der Waals surface area contributed by atoms with E-state index in [2.05, 4.69) is 0 Å². The van der Waals surface area contributed by atoms with Crippen molar-refractivity contribution in [2.24, 2.45) is 17.8 Å². The number of ether oxygens (including phenoxy) is 2. The number of hydrogen-bond donors (Lipinski definition) is 1. The molecule has 0 aromatic heterocycles. The van der Waals surface area contributed by atoms with E-state index in [1.807, 2.05) is 6.92 Å². The fourth-order valence-electron chi connectivity index (χ4n) is 3.86. The summed E-state index contributed by atoms with van der Waals surface area (Å²) in [6.45, 7) is 2.87. The van der Waals surface area contributed by atoms with Crippen molar-refractivity contribution in [3.8, 4) is 5.75 Å². The molecule has 4 nitrogen and oxygen atoms in total. The van der Waals surface area contributed by atoms with Crippen LogP contribution in [0.25, 0.3) is 0 Å². The summed E-state index contributed by atoms with van der Waals surface area (Å²) in [7, 11) is 0. The molecular formula is C17H23NO3. The van der Waals surface area contributed by atoms with E-state index >= 15 is 0 Å². The Morgan fingerprint density at radius 3 is 2.86 bits per heavy atom. The van der Waals surface area contributed by atoms with Gasteiger partial charge in [-0.2, -0.15) is 0 Å². The molecule has 3 rings (SSSR count). The average Bonchev–Trinajstić information content (AvgIpc) is 3.09. The van der Waals surface area contributed by atoms with E-state index in [-0.39, 0.29) is 5.97 Å². The van der Waals surface area contributed by atoms with Crippen LogP contribution in [0.5, 0.6) is 5.75 Å². The van der Waals surface area contributed by atoms with Gasteiger partial charge in [-0.1, -0.05) is 12.5 Å².